The zero-order valence-corrected chi connectivity index (χ0v) is 11.8. The van der Waals surface area contributed by atoms with Gasteiger partial charge in [0.2, 0.25) is 0 Å². The van der Waals surface area contributed by atoms with E-state index in [-0.39, 0.29) is 5.69 Å². The molecule has 1 aromatic rings. The number of nitrogen functional groups attached to an aromatic ring is 1. The molecule has 0 aliphatic carbocycles. The van der Waals surface area contributed by atoms with Crippen molar-refractivity contribution >= 4 is 11.4 Å². The number of alkyl halides is 2. The molecule has 0 spiro atoms. The molecule has 1 aliphatic heterocycles. The quantitative estimate of drug-likeness (QED) is 0.850. The summed E-state index contributed by atoms with van der Waals surface area (Å²) < 4.78 is 47.5. The van der Waals surface area contributed by atoms with Crippen LogP contribution in [0.25, 0.3) is 0 Å². The molecule has 1 heterocycles. The van der Waals surface area contributed by atoms with Crippen molar-refractivity contribution in [3.63, 3.8) is 0 Å². The molecular weight excluding hydrogens is 285 g/mol. The lowest BCUT2D eigenvalue weighted by Crippen LogP contribution is -2.30. The Morgan fingerprint density at radius 2 is 2.05 bits per heavy atom. The summed E-state index contributed by atoms with van der Waals surface area (Å²) in [5.41, 5.74) is 6.46. The highest BCUT2D eigenvalue weighted by atomic mass is 19.3. The van der Waals surface area contributed by atoms with Crippen LogP contribution >= 0.6 is 0 Å². The van der Waals surface area contributed by atoms with Gasteiger partial charge in [-0.2, -0.15) is 8.78 Å². The number of rotatable bonds is 5. The third kappa shape index (κ3) is 4.17. The third-order valence-electron chi connectivity index (χ3n) is 3.58. The molecule has 0 aromatic heterocycles. The molecule has 1 saturated heterocycles. The first-order valence-electron chi connectivity index (χ1n) is 6.80. The molecule has 0 radical (unpaired) electrons. The Labute approximate surface area is 121 Å². The summed E-state index contributed by atoms with van der Waals surface area (Å²) in [6.07, 6.45) is 1.87. The van der Waals surface area contributed by atoms with Crippen molar-refractivity contribution in [2.24, 2.45) is 5.92 Å². The Morgan fingerprint density at radius 1 is 1.38 bits per heavy atom. The number of nitrogens with two attached hydrogens (primary N) is 1. The van der Waals surface area contributed by atoms with Crippen molar-refractivity contribution < 1.29 is 22.6 Å². The van der Waals surface area contributed by atoms with Gasteiger partial charge in [-0.05, 0) is 18.8 Å². The van der Waals surface area contributed by atoms with E-state index >= 15 is 0 Å². The van der Waals surface area contributed by atoms with Crippen LogP contribution in [0.1, 0.15) is 12.8 Å². The van der Waals surface area contributed by atoms with Gasteiger partial charge in [0.25, 0.3) is 0 Å². The summed E-state index contributed by atoms with van der Waals surface area (Å²) in [6.45, 7) is -0.932. The number of nitrogens with zero attached hydrogens (tertiary/aromatic N) is 1. The van der Waals surface area contributed by atoms with E-state index in [0.29, 0.717) is 18.2 Å². The van der Waals surface area contributed by atoms with E-state index in [1.54, 1.807) is 7.05 Å². The summed E-state index contributed by atoms with van der Waals surface area (Å²) in [6, 6.07) is 2.23. The van der Waals surface area contributed by atoms with Crippen LogP contribution in [-0.2, 0) is 4.74 Å². The van der Waals surface area contributed by atoms with Crippen LogP contribution in [-0.4, -0.2) is 33.4 Å². The standard InChI is InChI=1S/C14H19F3N2O2/c1-19(8-9-2-4-20-5-3-9)12-7-13(21-14(16)17)10(15)6-11(12)18/h6-7,9,14H,2-5,8,18H2,1H3. The van der Waals surface area contributed by atoms with E-state index in [1.165, 1.54) is 6.07 Å². The van der Waals surface area contributed by atoms with Gasteiger partial charge in [-0.3, -0.25) is 0 Å². The van der Waals surface area contributed by atoms with Crippen LogP contribution < -0.4 is 15.4 Å². The fourth-order valence-corrected chi connectivity index (χ4v) is 2.49. The van der Waals surface area contributed by atoms with Gasteiger partial charge in [0, 0.05) is 38.9 Å². The minimum absolute atomic E-state index is 0.198. The molecule has 1 fully saturated rings. The highest BCUT2D eigenvalue weighted by Crippen LogP contribution is 2.32. The van der Waals surface area contributed by atoms with Crippen molar-refractivity contribution in [2.75, 3.05) is 37.4 Å². The van der Waals surface area contributed by atoms with E-state index in [4.69, 9.17) is 10.5 Å². The van der Waals surface area contributed by atoms with Crippen molar-refractivity contribution in [3.8, 4) is 5.75 Å². The lowest BCUT2D eigenvalue weighted by atomic mass is 9.99. The number of benzene rings is 1. The SMILES string of the molecule is CN(CC1CCOCC1)c1cc(OC(F)F)c(F)cc1N. The largest absolute Gasteiger partial charge is 0.432 e. The Kier molecular flexibility index (Phi) is 5.17. The van der Waals surface area contributed by atoms with Gasteiger partial charge in [0.05, 0.1) is 11.4 Å². The van der Waals surface area contributed by atoms with Crippen molar-refractivity contribution in [1.82, 2.24) is 0 Å². The second-order valence-corrected chi connectivity index (χ2v) is 5.16. The van der Waals surface area contributed by atoms with E-state index in [2.05, 4.69) is 4.74 Å². The van der Waals surface area contributed by atoms with Crippen LogP contribution in [0.2, 0.25) is 0 Å². The van der Waals surface area contributed by atoms with Gasteiger partial charge in [-0.25, -0.2) is 4.39 Å². The predicted octanol–water partition coefficient (Wildman–Crippen LogP) is 2.87. The lowest BCUT2D eigenvalue weighted by molar-refractivity contribution is -0.0521. The fraction of sp³-hybridized carbons (Fsp3) is 0.571. The van der Waals surface area contributed by atoms with E-state index in [0.717, 1.165) is 32.1 Å². The Hall–Kier alpha value is -1.63. The van der Waals surface area contributed by atoms with Crippen LogP contribution in [0.15, 0.2) is 12.1 Å². The summed E-state index contributed by atoms with van der Waals surface area (Å²) in [4.78, 5) is 1.84. The maximum Gasteiger partial charge on any atom is 0.387 e. The smallest absolute Gasteiger partial charge is 0.387 e. The highest BCUT2D eigenvalue weighted by Gasteiger charge is 2.19. The molecule has 0 saturated carbocycles. The average molecular weight is 304 g/mol. The molecule has 118 valence electrons. The van der Waals surface area contributed by atoms with Gasteiger partial charge in [-0.1, -0.05) is 0 Å². The second-order valence-electron chi connectivity index (χ2n) is 5.16. The number of hydrogen-bond donors (Lipinski definition) is 1. The van der Waals surface area contributed by atoms with Crippen LogP contribution in [0.3, 0.4) is 0 Å². The van der Waals surface area contributed by atoms with Crippen molar-refractivity contribution in [2.45, 2.75) is 19.5 Å². The predicted molar refractivity (Wildman–Crippen MR) is 74.3 cm³/mol. The van der Waals surface area contributed by atoms with Gasteiger partial charge >= 0.3 is 6.61 Å². The van der Waals surface area contributed by atoms with Crippen molar-refractivity contribution in [3.05, 3.63) is 17.9 Å². The minimum Gasteiger partial charge on any atom is -0.432 e. The van der Waals surface area contributed by atoms with Gasteiger partial charge in [-0.15, -0.1) is 0 Å². The Balaban J connectivity index is 2.13. The first-order valence-corrected chi connectivity index (χ1v) is 6.80. The first-order chi connectivity index (χ1) is 9.97. The van der Waals surface area contributed by atoms with E-state index in [9.17, 15) is 13.2 Å². The summed E-state index contributed by atoms with van der Waals surface area (Å²) in [5, 5.41) is 0. The molecule has 0 unspecified atom stereocenters. The molecule has 21 heavy (non-hydrogen) atoms. The lowest BCUT2D eigenvalue weighted by Gasteiger charge is -2.29. The Morgan fingerprint density at radius 3 is 2.67 bits per heavy atom. The minimum atomic E-state index is -3.07. The zero-order chi connectivity index (χ0) is 15.4. The maximum atomic E-state index is 13.5. The highest BCUT2D eigenvalue weighted by molar-refractivity contribution is 5.69. The van der Waals surface area contributed by atoms with Crippen LogP contribution in [0.4, 0.5) is 24.5 Å². The van der Waals surface area contributed by atoms with Crippen LogP contribution in [0.5, 0.6) is 5.75 Å². The normalized spacial score (nSPS) is 16.2. The molecule has 1 aromatic carbocycles. The van der Waals surface area contributed by atoms with E-state index in [1.807, 2.05) is 4.90 Å². The van der Waals surface area contributed by atoms with E-state index < -0.39 is 18.2 Å². The number of ether oxygens (including phenoxy) is 2. The maximum absolute atomic E-state index is 13.5. The topological polar surface area (TPSA) is 47.7 Å². The molecule has 1 aliphatic rings. The summed E-state index contributed by atoms with van der Waals surface area (Å²) >= 11 is 0. The van der Waals surface area contributed by atoms with Gasteiger partial charge in [0.1, 0.15) is 0 Å². The summed E-state index contributed by atoms with van der Waals surface area (Å²) in [5.74, 6) is -0.947. The monoisotopic (exact) mass is 304 g/mol. The number of anilines is 2. The first kappa shape index (κ1) is 15.8. The zero-order valence-electron chi connectivity index (χ0n) is 11.8. The third-order valence-corrected chi connectivity index (χ3v) is 3.58. The number of halogens is 3. The average Bonchev–Trinajstić information content (AvgIpc) is 2.42. The van der Waals surface area contributed by atoms with Gasteiger partial charge in [0.15, 0.2) is 11.6 Å². The van der Waals surface area contributed by atoms with Crippen LogP contribution in [0, 0.1) is 11.7 Å². The molecular formula is C14H19F3N2O2. The molecule has 2 rings (SSSR count). The molecule has 0 bridgehead atoms. The van der Waals surface area contributed by atoms with Crippen molar-refractivity contribution in [1.29, 1.82) is 0 Å². The van der Waals surface area contributed by atoms with Gasteiger partial charge < -0.3 is 20.1 Å². The molecule has 4 nitrogen and oxygen atoms in total. The molecule has 0 amide bonds. The number of hydrogen-bond acceptors (Lipinski definition) is 4. The molecule has 0 atom stereocenters. The fourth-order valence-electron chi connectivity index (χ4n) is 2.49. The Bertz CT molecular complexity index is 480. The molecule has 2 N–H and O–H groups in total. The second kappa shape index (κ2) is 6.89. The summed E-state index contributed by atoms with van der Waals surface area (Å²) in [7, 11) is 1.80. The molecule has 7 heteroatoms.